The summed E-state index contributed by atoms with van der Waals surface area (Å²) < 4.78 is 66.4. The average Bonchev–Trinajstić information content (AvgIpc) is 3.23. The Labute approximate surface area is 307 Å². The molecule has 3 aliphatic heterocycles. The summed E-state index contributed by atoms with van der Waals surface area (Å²) in [5.41, 5.74) is 3.29. The lowest BCUT2D eigenvalue weighted by Crippen LogP contribution is -2.50. The molecule has 7 rings (SSSR count). The molecule has 0 radical (unpaired) electrons. The van der Waals surface area contributed by atoms with Gasteiger partial charge in [0, 0.05) is 48.7 Å². The van der Waals surface area contributed by atoms with Crippen LogP contribution in [0.4, 0.5) is 5.69 Å². The number of aryl methyl sites for hydroxylation is 1. The zero-order chi connectivity index (χ0) is 36.0. The SMILES string of the molecule is C[C@@H]1[C@@H](C)C/C=C\[C@H](OCCN2CCS(=O)(=O)CC2)[C@@H]2CC[C@H]2CN2C[C@@]3(CCCc4cc(Cl)ccc43)COc3ccc(cc32)C(=O)NS1(=O)=O. The minimum atomic E-state index is -3.96. The summed E-state index contributed by atoms with van der Waals surface area (Å²) in [6.07, 6.45) is 9.48. The van der Waals surface area contributed by atoms with Gasteiger partial charge in [0.1, 0.15) is 5.75 Å². The van der Waals surface area contributed by atoms with Crippen molar-refractivity contribution in [1.82, 2.24) is 9.62 Å². The molecule has 10 nitrogen and oxygen atoms in total. The van der Waals surface area contributed by atoms with Crippen LogP contribution in [0.15, 0.2) is 48.6 Å². The second kappa shape index (κ2) is 14.6. The maximum absolute atomic E-state index is 13.5. The van der Waals surface area contributed by atoms with Crippen molar-refractivity contribution in [3.63, 3.8) is 0 Å². The maximum Gasteiger partial charge on any atom is 0.264 e. The first-order chi connectivity index (χ1) is 24.3. The summed E-state index contributed by atoms with van der Waals surface area (Å²) >= 11 is 6.45. The minimum absolute atomic E-state index is 0.162. The van der Waals surface area contributed by atoms with E-state index in [0.29, 0.717) is 57.5 Å². The van der Waals surface area contributed by atoms with Gasteiger partial charge in [-0.2, -0.15) is 0 Å². The Morgan fingerprint density at radius 1 is 1.06 bits per heavy atom. The fraction of sp³-hybridized carbons (Fsp3) is 0.605. The van der Waals surface area contributed by atoms with Crippen LogP contribution in [0.25, 0.3) is 0 Å². The standard InChI is InChI=1S/C38H50ClN3O7S2/c1-26-5-3-7-35(48-18-15-41-16-19-50(44,45)20-17-41)32-11-8-30(32)23-42-24-38(14-4-6-28-21-31(39)10-12-33(28)38)25-49-36-13-9-29(22-34(36)42)37(43)40-51(46,47)27(26)2/h3,7,9-10,12-13,21-22,26-27,30,32,35H,4-6,8,11,14-20,23-25H2,1-2H3,(H,40,43)/b7-3-/t26-,27+,30-,32+,35-,38-/m0/s1. The number of fused-ring (bicyclic) bond motifs is 4. The Balaban J connectivity index is 1.21. The number of halogens is 1. The van der Waals surface area contributed by atoms with Crippen molar-refractivity contribution in [2.24, 2.45) is 17.8 Å². The Morgan fingerprint density at radius 3 is 2.63 bits per heavy atom. The Bertz CT molecular complexity index is 1870. The van der Waals surface area contributed by atoms with Gasteiger partial charge in [0.2, 0.25) is 10.0 Å². The molecule has 0 aromatic heterocycles. The molecule has 1 spiro atoms. The highest BCUT2D eigenvalue weighted by Crippen LogP contribution is 2.47. The number of benzene rings is 2. The molecule has 278 valence electrons. The van der Waals surface area contributed by atoms with Crippen molar-refractivity contribution in [3.05, 3.63) is 70.3 Å². The zero-order valence-electron chi connectivity index (χ0n) is 29.6. The van der Waals surface area contributed by atoms with Gasteiger partial charge < -0.3 is 14.4 Å². The van der Waals surface area contributed by atoms with E-state index in [4.69, 9.17) is 21.1 Å². The van der Waals surface area contributed by atoms with Crippen LogP contribution in [0.1, 0.15) is 67.4 Å². The molecule has 51 heavy (non-hydrogen) atoms. The van der Waals surface area contributed by atoms with Crippen LogP contribution in [-0.2, 0) is 36.4 Å². The number of nitrogens with zero attached hydrogens (tertiary/aromatic N) is 2. The lowest BCUT2D eigenvalue weighted by atomic mass is 9.68. The van der Waals surface area contributed by atoms with Crippen LogP contribution in [0, 0.1) is 17.8 Å². The Kier molecular flexibility index (Phi) is 10.5. The van der Waals surface area contributed by atoms with Crippen LogP contribution in [0.5, 0.6) is 5.75 Å². The van der Waals surface area contributed by atoms with E-state index < -0.39 is 31.0 Å². The van der Waals surface area contributed by atoms with E-state index >= 15 is 0 Å². The van der Waals surface area contributed by atoms with Gasteiger partial charge in [-0.15, -0.1) is 0 Å². The lowest BCUT2D eigenvalue weighted by molar-refractivity contribution is -0.0204. The third-order valence-corrected chi connectivity index (χ3v) is 15.9. The van der Waals surface area contributed by atoms with Crippen molar-refractivity contribution in [2.45, 2.75) is 69.1 Å². The van der Waals surface area contributed by atoms with Gasteiger partial charge in [0.05, 0.1) is 41.8 Å². The van der Waals surface area contributed by atoms with Gasteiger partial charge in [-0.1, -0.05) is 36.7 Å². The number of hydrogen-bond acceptors (Lipinski definition) is 9. The van der Waals surface area contributed by atoms with Gasteiger partial charge in [-0.3, -0.25) is 9.69 Å². The molecule has 3 heterocycles. The first-order valence-corrected chi connectivity index (χ1v) is 22.1. The van der Waals surface area contributed by atoms with E-state index in [2.05, 4.69) is 32.7 Å². The van der Waals surface area contributed by atoms with Crippen molar-refractivity contribution in [1.29, 1.82) is 0 Å². The number of carbonyl (C=O) groups is 1. The third kappa shape index (κ3) is 7.86. The molecule has 1 N–H and O–H groups in total. The molecule has 1 amide bonds. The van der Waals surface area contributed by atoms with Crippen LogP contribution < -0.4 is 14.4 Å². The highest BCUT2D eigenvalue weighted by molar-refractivity contribution is 7.91. The molecule has 6 atom stereocenters. The fourth-order valence-corrected chi connectivity index (χ4v) is 11.4. The monoisotopic (exact) mass is 759 g/mol. The van der Waals surface area contributed by atoms with E-state index in [-0.39, 0.29) is 40.4 Å². The van der Waals surface area contributed by atoms with Crippen molar-refractivity contribution < 1.29 is 31.1 Å². The van der Waals surface area contributed by atoms with E-state index in [1.165, 1.54) is 11.1 Å². The first kappa shape index (κ1) is 36.7. The second-order valence-corrected chi connectivity index (χ2v) is 20.2. The molecule has 1 saturated carbocycles. The summed E-state index contributed by atoms with van der Waals surface area (Å²) in [5.74, 6) is 0.732. The summed E-state index contributed by atoms with van der Waals surface area (Å²) in [6.45, 7) is 7.63. The predicted octanol–water partition coefficient (Wildman–Crippen LogP) is 5.00. The van der Waals surface area contributed by atoms with Gasteiger partial charge in [0.25, 0.3) is 5.91 Å². The lowest BCUT2D eigenvalue weighted by Gasteiger charge is -2.46. The number of ether oxygens (including phenoxy) is 2. The smallest absolute Gasteiger partial charge is 0.264 e. The van der Waals surface area contributed by atoms with Crippen LogP contribution >= 0.6 is 11.6 Å². The molecular weight excluding hydrogens is 710 g/mol. The Hall–Kier alpha value is -2.64. The largest absolute Gasteiger partial charge is 0.490 e. The van der Waals surface area contributed by atoms with Gasteiger partial charge in [-0.05, 0) is 105 Å². The van der Waals surface area contributed by atoms with Gasteiger partial charge in [0.15, 0.2) is 9.84 Å². The van der Waals surface area contributed by atoms with Crippen LogP contribution in [0.2, 0.25) is 5.02 Å². The highest BCUT2D eigenvalue weighted by atomic mass is 35.5. The molecule has 2 fully saturated rings. The fourth-order valence-electron chi connectivity index (χ4n) is 8.61. The zero-order valence-corrected chi connectivity index (χ0v) is 31.9. The number of carbonyl (C=O) groups excluding carboxylic acids is 1. The topological polar surface area (TPSA) is 122 Å². The summed E-state index contributed by atoms with van der Waals surface area (Å²) in [5, 5.41) is -0.0738. The number of anilines is 1. The number of sulfone groups is 1. The number of sulfonamides is 1. The summed E-state index contributed by atoms with van der Waals surface area (Å²) in [7, 11) is -6.92. The molecule has 5 aliphatic rings. The number of hydrogen-bond donors (Lipinski definition) is 1. The second-order valence-electron chi connectivity index (χ2n) is 15.4. The average molecular weight is 760 g/mol. The van der Waals surface area contributed by atoms with E-state index in [1.807, 2.05) is 25.1 Å². The maximum atomic E-state index is 13.5. The van der Waals surface area contributed by atoms with Gasteiger partial charge >= 0.3 is 0 Å². The van der Waals surface area contributed by atoms with Crippen molar-refractivity contribution in [3.8, 4) is 5.75 Å². The molecule has 13 heteroatoms. The Morgan fingerprint density at radius 2 is 1.86 bits per heavy atom. The number of rotatable bonds is 4. The minimum Gasteiger partial charge on any atom is -0.490 e. The first-order valence-electron chi connectivity index (χ1n) is 18.4. The molecule has 2 bridgehead atoms. The van der Waals surface area contributed by atoms with Gasteiger partial charge in [-0.25, -0.2) is 21.6 Å². The van der Waals surface area contributed by atoms with E-state index in [9.17, 15) is 21.6 Å². The highest BCUT2D eigenvalue weighted by Gasteiger charge is 2.45. The van der Waals surface area contributed by atoms with Crippen LogP contribution in [0.3, 0.4) is 0 Å². The van der Waals surface area contributed by atoms with Crippen molar-refractivity contribution >= 4 is 43.1 Å². The summed E-state index contributed by atoms with van der Waals surface area (Å²) in [4.78, 5) is 18.1. The molecule has 0 unspecified atom stereocenters. The number of nitrogens with one attached hydrogen (secondary N) is 1. The van der Waals surface area contributed by atoms with E-state index in [0.717, 1.165) is 49.4 Å². The molecule has 2 aliphatic carbocycles. The number of amides is 1. The van der Waals surface area contributed by atoms with Crippen molar-refractivity contribution in [2.75, 3.05) is 62.3 Å². The normalized spacial score (nSPS) is 32.7. The summed E-state index contributed by atoms with van der Waals surface area (Å²) in [6, 6.07) is 11.4. The van der Waals surface area contributed by atoms with E-state index in [1.54, 1.807) is 19.1 Å². The predicted molar refractivity (Wildman–Crippen MR) is 200 cm³/mol. The molecule has 2 aromatic rings. The molecular formula is C38H50ClN3O7S2. The number of allylic oxidation sites excluding steroid dienone is 1. The van der Waals surface area contributed by atoms with Crippen LogP contribution in [-0.4, -0.2) is 96.4 Å². The quantitative estimate of drug-likeness (QED) is 0.430. The molecule has 2 aromatic carbocycles. The third-order valence-electron chi connectivity index (χ3n) is 12.2. The molecule has 1 saturated heterocycles.